The summed E-state index contributed by atoms with van der Waals surface area (Å²) >= 11 is 0. The standard InChI is InChI=1S/C13H27N3/c1-3-5-12(14-6-4-2)13-11-15-7-9-16(13)10-8-15/h12-14H,3-11H2,1-2H3. The lowest BCUT2D eigenvalue weighted by atomic mass is 9.96. The Bertz CT molecular complexity index is 199. The lowest BCUT2D eigenvalue weighted by molar-refractivity contribution is -0.00452. The predicted octanol–water partition coefficient (Wildman–Crippen LogP) is 1.15. The van der Waals surface area contributed by atoms with E-state index < -0.39 is 0 Å². The first-order valence-electron chi connectivity index (χ1n) is 7.05. The van der Waals surface area contributed by atoms with Crippen LogP contribution in [0.4, 0.5) is 0 Å². The van der Waals surface area contributed by atoms with Gasteiger partial charge in [0, 0.05) is 44.8 Å². The minimum absolute atomic E-state index is 0.716. The van der Waals surface area contributed by atoms with Crippen molar-refractivity contribution in [3.05, 3.63) is 0 Å². The molecule has 0 aromatic heterocycles. The summed E-state index contributed by atoms with van der Waals surface area (Å²) < 4.78 is 0. The summed E-state index contributed by atoms with van der Waals surface area (Å²) in [6.07, 6.45) is 3.87. The summed E-state index contributed by atoms with van der Waals surface area (Å²) in [5, 5.41) is 3.76. The van der Waals surface area contributed by atoms with Gasteiger partial charge in [0.2, 0.25) is 0 Å². The Kier molecular flexibility index (Phi) is 4.62. The van der Waals surface area contributed by atoms with Crippen LogP contribution in [-0.2, 0) is 0 Å². The van der Waals surface area contributed by atoms with Gasteiger partial charge in [-0.3, -0.25) is 9.80 Å². The number of hydrogen-bond donors (Lipinski definition) is 1. The molecule has 2 bridgehead atoms. The SMILES string of the molecule is CCCNC(CCC)C1CN2CCN1CC2. The molecule has 3 heteroatoms. The first-order valence-corrected chi connectivity index (χ1v) is 7.05. The summed E-state index contributed by atoms with van der Waals surface area (Å²) in [4.78, 5) is 5.35. The number of nitrogens with one attached hydrogen (secondary N) is 1. The van der Waals surface area contributed by atoms with E-state index in [9.17, 15) is 0 Å². The van der Waals surface area contributed by atoms with Crippen molar-refractivity contribution in [1.82, 2.24) is 15.1 Å². The molecule has 0 spiro atoms. The summed E-state index contributed by atoms with van der Waals surface area (Å²) in [7, 11) is 0. The van der Waals surface area contributed by atoms with Gasteiger partial charge in [-0.25, -0.2) is 0 Å². The maximum absolute atomic E-state index is 3.76. The predicted molar refractivity (Wildman–Crippen MR) is 68.8 cm³/mol. The molecular weight excluding hydrogens is 198 g/mol. The minimum atomic E-state index is 0.716. The smallest absolute Gasteiger partial charge is 0.0377 e. The Morgan fingerprint density at radius 2 is 1.88 bits per heavy atom. The summed E-state index contributed by atoms with van der Waals surface area (Å²) in [6, 6.07) is 1.49. The van der Waals surface area contributed by atoms with Gasteiger partial charge in [0.1, 0.15) is 0 Å². The van der Waals surface area contributed by atoms with Crippen molar-refractivity contribution in [3.63, 3.8) is 0 Å². The van der Waals surface area contributed by atoms with Gasteiger partial charge in [-0.15, -0.1) is 0 Å². The highest BCUT2D eigenvalue weighted by molar-refractivity contribution is 4.94. The zero-order valence-electron chi connectivity index (χ0n) is 10.9. The van der Waals surface area contributed by atoms with Crippen LogP contribution in [0.5, 0.6) is 0 Å². The largest absolute Gasteiger partial charge is 0.312 e. The van der Waals surface area contributed by atoms with Gasteiger partial charge in [0.15, 0.2) is 0 Å². The van der Waals surface area contributed by atoms with Crippen molar-refractivity contribution in [2.75, 3.05) is 39.3 Å². The Balaban J connectivity index is 1.91. The lowest BCUT2D eigenvalue weighted by Crippen LogP contribution is -2.66. The van der Waals surface area contributed by atoms with Crippen LogP contribution in [-0.4, -0.2) is 61.2 Å². The molecule has 3 rings (SSSR count). The van der Waals surface area contributed by atoms with Gasteiger partial charge in [-0.2, -0.15) is 0 Å². The molecule has 16 heavy (non-hydrogen) atoms. The molecule has 0 aromatic carbocycles. The minimum Gasteiger partial charge on any atom is -0.312 e. The fourth-order valence-electron chi connectivity index (χ4n) is 3.11. The number of rotatable bonds is 6. The Morgan fingerprint density at radius 1 is 1.12 bits per heavy atom. The van der Waals surface area contributed by atoms with E-state index in [0.29, 0.717) is 6.04 Å². The van der Waals surface area contributed by atoms with Gasteiger partial charge < -0.3 is 5.32 Å². The van der Waals surface area contributed by atoms with Crippen molar-refractivity contribution >= 4 is 0 Å². The van der Waals surface area contributed by atoms with E-state index >= 15 is 0 Å². The van der Waals surface area contributed by atoms with Gasteiger partial charge in [0.25, 0.3) is 0 Å². The molecule has 3 aliphatic heterocycles. The molecule has 3 saturated heterocycles. The fraction of sp³-hybridized carbons (Fsp3) is 1.00. The zero-order valence-corrected chi connectivity index (χ0v) is 10.9. The van der Waals surface area contributed by atoms with Crippen LogP contribution in [0.25, 0.3) is 0 Å². The third-order valence-corrected chi connectivity index (χ3v) is 4.04. The van der Waals surface area contributed by atoms with E-state index in [1.54, 1.807) is 0 Å². The monoisotopic (exact) mass is 225 g/mol. The molecule has 3 nitrogen and oxygen atoms in total. The molecular formula is C13H27N3. The quantitative estimate of drug-likeness (QED) is 0.732. The van der Waals surface area contributed by atoms with Crippen LogP contribution >= 0.6 is 0 Å². The van der Waals surface area contributed by atoms with Crippen molar-refractivity contribution in [3.8, 4) is 0 Å². The van der Waals surface area contributed by atoms with Crippen LogP contribution in [0.15, 0.2) is 0 Å². The van der Waals surface area contributed by atoms with Crippen LogP contribution in [0, 0.1) is 0 Å². The Hall–Kier alpha value is -0.120. The topological polar surface area (TPSA) is 18.5 Å². The number of piperazine rings is 3. The zero-order chi connectivity index (χ0) is 11.4. The van der Waals surface area contributed by atoms with Crippen LogP contribution in [0.3, 0.4) is 0 Å². The maximum atomic E-state index is 3.76. The highest BCUT2D eigenvalue weighted by Crippen LogP contribution is 2.20. The molecule has 2 atom stereocenters. The Labute approximate surface area is 100 Å². The van der Waals surface area contributed by atoms with E-state index in [-0.39, 0.29) is 0 Å². The number of fused-ring (bicyclic) bond motifs is 3. The highest BCUT2D eigenvalue weighted by atomic mass is 15.4. The number of nitrogens with zero attached hydrogens (tertiary/aromatic N) is 2. The van der Waals surface area contributed by atoms with Crippen LogP contribution in [0.2, 0.25) is 0 Å². The Morgan fingerprint density at radius 3 is 2.38 bits per heavy atom. The second-order valence-electron chi connectivity index (χ2n) is 5.25. The first kappa shape index (κ1) is 12.3. The molecule has 94 valence electrons. The third kappa shape index (κ3) is 2.76. The molecule has 2 unspecified atom stereocenters. The van der Waals surface area contributed by atoms with E-state index in [0.717, 1.165) is 6.04 Å². The molecule has 0 aliphatic carbocycles. The molecule has 0 aromatic rings. The first-order chi connectivity index (χ1) is 7.85. The van der Waals surface area contributed by atoms with E-state index in [1.165, 1.54) is 58.5 Å². The molecule has 0 saturated carbocycles. The molecule has 3 fully saturated rings. The molecule has 0 amide bonds. The third-order valence-electron chi connectivity index (χ3n) is 4.04. The van der Waals surface area contributed by atoms with E-state index in [4.69, 9.17) is 0 Å². The van der Waals surface area contributed by atoms with Crippen molar-refractivity contribution in [1.29, 1.82) is 0 Å². The van der Waals surface area contributed by atoms with Crippen molar-refractivity contribution < 1.29 is 0 Å². The molecule has 3 heterocycles. The van der Waals surface area contributed by atoms with Crippen LogP contribution < -0.4 is 5.32 Å². The normalized spacial score (nSPS) is 35.2. The van der Waals surface area contributed by atoms with Crippen molar-refractivity contribution in [2.24, 2.45) is 0 Å². The average molecular weight is 225 g/mol. The van der Waals surface area contributed by atoms with Gasteiger partial charge in [-0.1, -0.05) is 20.3 Å². The maximum Gasteiger partial charge on any atom is 0.0377 e. The second kappa shape index (κ2) is 5.99. The van der Waals surface area contributed by atoms with Crippen LogP contribution in [0.1, 0.15) is 33.1 Å². The number of hydrogen-bond acceptors (Lipinski definition) is 3. The van der Waals surface area contributed by atoms with E-state index in [2.05, 4.69) is 29.0 Å². The van der Waals surface area contributed by atoms with Gasteiger partial charge in [0.05, 0.1) is 0 Å². The average Bonchev–Trinajstić information content (AvgIpc) is 2.36. The molecule has 3 aliphatic rings. The van der Waals surface area contributed by atoms with Gasteiger partial charge >= 0.3 is 0 Å². The van der Waals surface area contributed by atoms with Crippen molar-refractivity contribution in [2.45, 2.75) is 45.2 Å². The summed E-state index contributed by atoms with van der Waals surface area (Å²) in [5.41, 5.74) is 0. The summed E-state index contributed by atoms with van der Waals surface area (Å²) in [5.74, 6) is 0. The fourth-order valence-corrected chi connectivity index (χ4v) is 3.11. The highest BCUT2D eigenvalue weighted by Gasteiger charge is 2.35. The lowest BCUT2D eigenvalue weighted by Gasteiger charge is -2.50. The molecule has 1 N–H and O–H groups in total. The van der Waals surface area contributed by atoms with E-state index in [1.807, 2.05) is 0 Å². The molecule has 0 radical (unpaired) electrons. The van der Waals surface area contributed by atoms with Gasteiger partial charge in [-0.05, 0) is 19.4 Å². The summed E-state index contributed by atoms with van der Waals surface area (Å²) in [6.45, 7) is 12.2. The second-order valence-corrected chi connectivity index (χ2v) is 5.25.